The first kappa shape index (κ1) is 19.0. The molecule has 2 aromatic carbocycles. The molecule has 0 bridgehead atoms. The molecular formula is C19H21N3O4. The maximum absolute atomic E-state index is 12.0. The lowest BCUT2D eigenvalue weighted by Crippen LogP contribution is -2.32. The van der Waals surface area contributed by atoms with Crippen molar-refractivity contribution in [1.29, 1.82) is 0 Å². The number of nitrogens with zero attached hydrogens (tertiary/aromatic N) is 1. The Labute approximate surface area is 152 Å². The molecule has 0 aliphatic rings. The molecule has 2 amide bonds. The van der Waals surface area contributed by atoms with Gasteiger partial charge in [0.2, 0.25) is 0 Å². The van der Waals surface area contributed by atoms with Gasteiger partial charge in [-0.1, -0.05) is 30.3 Å². The van der Waals surface area contributed by atoms with Crippen molar-refractivity contribution in [3.63, 3.8) is 0 Å². The van der Waals surface area contributed by atoms with Crippen molar-refractivity contribution < 1.29 is 19.1 Å². The van der Waals surface area contributed by atoms with Gasteiger partial charge >= 0.3 is 11.8 Å². The monoisotopic (exact) mass is 355 g/mol. The topological polar surface area (TPSA) is 89.0 Å². The summed E-state index contributed by atoms with van der Waals surface area (Å²) in [5, 5.41) is 6.26. The van der Waals surface area contributed by atoms with E-state index in [1.165, 1.54) is 19.8 Å². The largest absolute Gasteiger partial charge is 0.497 e. The summed E-state index contributed by atoms with van der Waals surface area (Å²) in [6, 6.07) is 14.8. The summed E-state index contributed by atoms with van der Waals surface area (Å²) in [4.78, 5) is 23.8. The van der Waals surface area contributed by atoms with Gasteiger partial charge in [0.05, 0.1) is 19.9 Å². The average molecular weight is 355 g/mol. The second-order valence-corrected chi connectivity index (χ2v) is 5.30. The summed E-state index contributed by atoms with van der Waals surface area (Å²) in [5.74, 6) is -0.777. The number of nitrogens with one attached hydrogen (secondary N) is 2. The molecule has 2 aromatic rings. The van der Waals surface area contributed by atoms with Crippen molar-refractivity contribution in [3.8, 4) is 11.5 Å². The predicted octanol–water partition coefficient (Wildman–Crippen LogP) is 2.38. The van der Waals surface area contributed by atoms with Crippen molar-refractivity contribution in [3.05, 3.63) is 54.1 Å². The Morgan fingerprint density at radius 2 is 1.81 bits per heavy atom. The third-order valence-electron chi connectivity index (χ3n) is 3.52. The molecule has 0 fully saturated rings. The SMILES string of the molecule is COc1ccc(OC)c(NC(=O)C(=O)NN=CCCc2ccccc2)c1. The Morgan fingerprint density at radius 1 is 1.04 bits per heavy atom. The molecule has 136 valence electrons. The maximum Gasteiger partial charge on any atom is 0.329 e. The molecule has 0 aromatic heterocycles. The van der Waals surface area contributed by atoms with Crippen molar-refractivity contribution in [2.24, 2.45) is 5.10 Å². The first-order chi connectivity index (χ1) is 12.6. The van der Waals surface area contributed by atoms with Gasteiger partial charge in [-0.15, -0.1) is 0 Å². The van der Waals surface area contributed by atoms with Crippen LogP contribution in [0.3, 0.4) is 0 Å². The van der Waals surface area contributed by atoms with Crippen LogP contribution in [0.1, 0.15) is 12.0 Å². The molecule has 0 heterocycles. The van der Waals surface area contributed by atoms with E-state index in [1.807, 2.05) is 30.3 Å². The van der Waals surface area contributed by atoms with E-state index < -0.39 is 11.8 Å². The molecular weight excluding hydrogens is 334 g/mol. The lowest BCUT2D eigenvalue weighted by molar-refractivity contribution is -0.136. The highest BCUT2D eigenvalue weighted by Crippen LogP contribution is 2.28. The molecule has 0 spiro atoms. The van der Waals surface area contributed by atoms with Crippen molar-refractivity contribution in [2.45, 2.75) is 12.8 Å². The predicted molar refractivity (Wildman–Crippen MR) is 99.6 cm³/mol. The molecule has 0 saturated heterocycles. The highest BCUT2D eigenvalue weighted by Gasteiger charge is 2.15. The lowest BCUT2D eigenvalue weighted by atomic mass is 10.1. The quantitative estimate of drug-likeness (QED) is 0.453. The van der Waals surface area contributed by atoms with Crippen LogP contribution in [-0.4, -0.2) is 32.2 Å². The van der Waals surface area contributed by atoms with Crippen LogP contribution < -0.4 is 20.2 Å². The number of carbonyl (C=O) groups is 2. The zero-order valence-electron chi connectivity index (χ0n) is 14.7. The standard InChI is InChI=1S/C19H21N3O4/c1-25-15-10-11-17(26-2)16(13-15)21-18(23)19(24)22-20-12-6-9-14-7-4-3-5-8-14/h3-5,7-8,10-13H,6,9H2,1-2H3,(H,21,23)(H,22,24). The summed E-state index contributed by atoms with van der Waals surface area (Å²) in [5.41, 5.74) is 3.71. The van der Waals surface area contributed by atoms with Crippen LogP contribution in [-0.2, 0) is 16.0 Å². The fourth-order valence-electron chi connectivity index (χ4n) is 2.19. The van der Waals surface area contributed by atoms with Crippen molar-refractivity contribution in [1.82, 2.24) is 5.43 Å². The van der Waals surface area contributed by atoms with Crippen molar-refractivity contribution >= 4 is 23.7 Å². The van der Waals surface area contributed by atoms with Gasteiger partial charge in [-0.2, -0.15) is 5.10 Å². The number of methoxy groups -OCH3 is 2. The lowest BCUT2D eigenvalue weighted by Gasteiger charge is -2.11. The third kappa shape index (κ3) is 5.62. The van der Waals surface area contributed by atoms with Crippen LogP contribution >= 0.6 is 0 Å². The number of rotatable bonds is 7. The molecule has 26 heavy (non-hydrogen) atoms. The molecule has 0 aliphatic carbocycles. The highest BCUT2D eigenvalue weighted by atomic mass is 16.5. The summed E-state index contributed by atoms with van der Waals surface area (Å²) in [6.45, 7) is 0. The first-order valence-electron chi connectivity index (χ1n) is 8.03. The molecule has 0 saturated carbocycles. The number of ether oxygens (including phenoxy) is 2. The summed E-state index contributed by atoms with van der Waals surface area (Å²) < 4.78 is 10.2. The van der Waals surface area contributed by atoms with Gasteiger partial charge < -0.3 is 14.8 Å². The first-order valence-corrected chi connectivity index (χ1v) is 8.03. The Balaban J connectivity index is 1.84. The number of hydrogen-bond acceptors (Lipinski definition) is 5. The number of amides is 2. The number of aryl methyl sites for hydroxylation is 1. The van der Waals surface area contributed by atoms with E-state index in [9.17, 15) is 9.59 Å². The van der Waals surface area contributed by atoms with Crippen LogP contribution in [0.25, 0.3) is 0 Å². The zero-order chi connectivity index (χ0) is 18.8. The van der Waals surface area contributed by atoms with Crippen LogP contribution in [0.15, 0.2) is 53.6 Å². The van der Waals surface area contributed by atoms with Crippen molar-refractivity contribution in [2.75, 3.05) is 19.5 Å². The van der Waals surface area contributed by atoms with Gasteiger partial charge in [-0.3, -0.25) is 9.59 Å². The zero-order valence-corrected chi connectivity index (χ0v) is 14.7. The van der Waals surface area contributed by atoms with Gasteiger partial charge in [0.25, 0.3) is 0 Å². The normalized spacial score (nSPS) is 10.4. The minimum atomic E-state index is -0.870. The van der Waals surface area contributed by atoms with E-state index >= 15 is 0 Å². The van der Waals surface area contributed by atoms with E-state index in [-0.39, 0.29) is 0 Å². The second-order valence-electron chi connectivity index (χ2n) is 5.30. The summed E-state index contributed by atoms with van der Waals surface area (Å²) in [7, 11) is 2.97. The molecule has 7 heteroatoms. The Kier molecular flexibility index (Phi) is 7.17. The smallest absolute Gasteiger partial charge is 0.329 e. The summed E-state index contributed by atoms with van der Waals surface area (Å²) >= 11 is 0. The van der Waals surface area contributed by atoms with Gasteiger partial charge in [0.1, 0.15) is 11.5 Å². The molecule has 2 N–H and O–H groups in total. The van der Waals surface area contributed by atoms with Crippen LogP contribution in [0.4, 0.5) is 5.69 Å². The van der Waals surface area contributed by atoms with E-state index in [4.69, 9.17) is 9.47 Å². The van der Waals surface area contributed by atoms with Gasteiger partial charge in [-0.25, -0.2) is 5.43 Å². The maximum atomic E-state index is 12.0. The Hall–Kier alpha value is -3.35. The number of benzene rings is 2. The third-order valence-corrected chi connectivity index (χ3v) is 3.52. The molecule has 2 rings (SSSR count). The Bertz CT molecular complexity index is 776. The van der Waals surface area contributed by atoms with Gasteiger partial charge in [-0.05, 0) is 30.5 Å². The Morgan fingerprint density at radius 3 is 2.50 bits per heavy atom. The number of carbonyl (C=O) groups excluding carboxylic acids is 2. The fraction of sp³-hybridized carbons (Fsp3) is 0.211. The number of hydrazone groups is 1. The molecule has 0 aliphatic heterocycles. The number of hydrogen-bond donors (Lipinski definition) is 2. The van der Waals surface area contributed by atoms with Gasteiger partial charge in [0, 0.05) is 12.3 Å². The van der Waals surface area contributed by atoms with E-state index in [0.717, 1.165) is 6.42 Å². The van der Waals surface area contributed by atoms with Crippen LogP contribution in [0, 0.1) is 0 Å². The molecule has 0 atom stereocenters. The van der Waals surface area contributed by atoms with Crippen LogP contribution in [0.5, 0.6) is 11.5 Å². The van der Waals surface area contributed by atoms with E-state index in [1.54, 1.807) is 24.4 Å². The molecule has 7 nitrogen and oxygen atoms in total. The molecule has 0 unspecified atom stereocenters. The van der Waals surface area contributed by atoms with Gasteiger partial charge in [0.15, 0.2) is 0 Å². The molecule has 0 radical (unpaired) electrons. The van der Waals surface area contributed by atoms with E-state index in [0.29, 0.717) is 23.6 Å². The minimum absolute atomic E-state index is 0.333. The highest BCUT2D eigenvalue weighted by molar-refractivity contribution is 6.39. The fourth-order valence-corrected chi connectivity index (χ4v) is 2.19. The van der Waals surface area contributed by atoms with E-state index in [2.05, 4.69) is 15.8 Å². The average Bonchev–Trinajstić information content (AvgIpc) is 2.68. The van der Waals surface area contributed by atoms with Crippen LogP contribution in [0.2, 0.25) is 0 Å². The summed E-state index contributed by atoms with van der Waals surface area (Å²) in [6.07, 6.45) is 3.01. The minimum Gasteiger partial charge on any atom is -0.497 e. The second kappa shape index (κ2) is 9.83. The number of anilines is 1.